The summed E-state index contributed by atoms with van der Waals surface area (Å²) in [5, 5.41) is 0.430. The summed E-state index contributed by atoms with van der Waals surface area (Å²) in [6.07, 6.45) is 1.74. The van der Waals surface area contributed by atoms with Crippen LogP contribution in [0.4, 0.5) is 0 Å². The SMILES string of the molecule is COc1ccc2nc([S+]([O-])Cc3ncc(C)c(OC)c3C)[nH]c2c1.[Na+]. The minimum absolute atomic E-state index is 0. The number of nitrogens with one attached hydrogen (secondary N) is 1. The average molecular weight is 368 g/mol. The van der Waals surface area contributed by atoms with Gasteiger partial charge in [0.15, 0.2) is 5.75 Å². The van der Waals surface area contributed by atoms with Crippen LogP contribution < -0.4 is 39.0 Å². The number of nitrogens with zero attached hydrogens (tertiary/aromatic N) is 2. The quantitative estimate of drug-likeness (QED) is 0.503. The van der Waals surface area contributed by atoms with Gasteiger partial charge in [0, 0.05) is 34.6 Å². The summed E-state index contributed by atoms with van der Waals surface area (Å²) in [7, 11) is 3.23. The molecule has 0 aliphatic heterocycles. The Morgan fingerprint density at radius 2 is 1.96 bits per heavy atom. The molecule has 0 aliphatic carbocycles. The van der Waals surface area contributed by atoms with Crippen molar-refractivity contribution in [3.05, 3.63) is 41.2 Å². The van der Waals surface area contributed by atoms with E-state index in [1.807, 2.05) is 32.0 Å². The van der Waals surface area contributed by atoms with Crippen LogP contribution in [0.3, 0.4) is 0 Å². The third-order valence-electron chi connectivity index (χ3n) is 3.90. The van der Waals surface area contributed by atoms with E-state index >= 15 is 0 Å². The first-order chi connectivity index (χ1) is 11.5. The summed E-state index contributed by atoms with van der Waals surface area (Å²) < 4.78 is 23.3. The maximum atomic E-state index is 12.7. The predicted octanol–water partition coefficient (Wildman–Crippen LogP) is -0.0963. The molecule has 8 heteroatoms. The molecule has 2 heterocycles. The van der Waals surface area contributed by atoms with Gasteiger partial charge in [-0.25, -0.2) is 0 Å². The minimum Gasteiger partial charge on any atom is -0.609 e. The fraction of sp³-hybridized carbons (Fsp3) is 0.294. The van der Waals surface area contributed by atoms with Gasteiger partial charge >= 0.3 is 34.7 Å². The van der Waals surface area contributed by atoms with Crippen LogP contribution in [0.25, 0.3) is 11.0 Å². The Labute approximate surface area is 171 Å². The van der Waals surface area contributed by atoms with Crippen molar-refractivity contribution in [1.29, 1.82) is 0 Å². The van der Waals surface area contributed by atoms with Crippen molar-refractivity contribution in [2.24, 2.45) is 0 Å². The van der Waals surface area contributed by atoms with Crippen LogP contribution in [-0.4, -0.2) is 33.7 Å². The van der Waals surface area contributed by atoms with Gasteiger partial charge in [-0.15, -0.1) is 0 Å². The van der Waals surface area contributed by atoms with Crippen molar-refractivity contribution in [3.8, 4) is 11.5 Å². The van der Waals surface area contributed by atoms with E-state index < -0.39 is 11.2 Å². The maximum Gasteiger partial charge on any atom is 1.00 e. The van der Waals surface area contributed by atoms with E-state index in [2.05, 4.69) is 15.0 Å². The number of methoxy groups -OCH3 is 2. The van der Waals surface area contributed by atoms with Gasteiger partial charge in [0.2, 0.25) is 0 Å². The molecule has 25 heavy (non-hydrogen) atoms. The van der Waals surface area contributed by atoms with Gasteiger partial charge < -0.3 is 14.0 Å². The number of aromatic amines is 1. The summed E-state index contributed by atoms with van der Waals surface area (Å²) in [6.45, 7) is 3.86. The molecule has 0 saturated heterocycles. The molecule has 0 aliphatic rings. The van der Waals surface area contributed by atoms with Crippen molar-refractivity contribution in [3.63, 3.8) is 0 Å². The Hall–Kier alpha value is -1.25. The van der Waals surface area contributed by atoms with Crippen LogP contribution in [0.1, 0.15) is 16.8 Å². The summed E-state index contributed by atoms with van der Waals surface area (Å²) >= 11 is -1.33. The van der Waals surface area contributed by atoms with Crippen LogP contribution in [0.2, 0.25) is 0 Å². The second-order valence-electron chi connectivity index (χ2n) is 5.46. The molecule has 2 aromatic heterocycles. The van der Waals surface area contributed by atoms with E-state index in [0.29, 0.717) is 5.16 Å². The number of hydrogen-bond acceptors (Lipinski definition) is 5. The van der Waals surface area contributed by atoms with E-state index in [-0.39, 0.29) is 35.3 Å². The number of aromatic nitrogens is 3. The normalized spacial score (nSPS) is 11.9. The summed E-state index contributed by atoms with van der Waals surface area (Å²) in [5.41, 5.74) is 4.16. The van der Waals surface area contributed by atoms with E-state index in [9.17, 15) is 4.55 Å². The molecular weight excluding hydrogens is 349 g/mol. The number of aryl methyl sites for hydroxylation is 1. The van der Waals surface area contributed by atoms with Crippen molar-refractivity contribution in [1.82, 2.24) is 15.0 Å². The first-order valence-corrected chi connectivity index (χ1v) is 8.76. The monoisotopic (exact) mass is 368 g/mol. The summed E-state index contributed by atoms with van der Waals surface area (Å²) in [6, 6.07) is 5.50. The largest absolute Gasteiger partial charge is 1.00 e. The van der Waals surface area contributed by atoms with E-state index in [4.69, 9.17) is 9.47 Å². The Kier molecular flexibility index (Phi) is 6.76. The molecule has 3 aromatic rings. The van der Waals surface area contributed by atoms with Crippen LogP contribution in [0.5, 0.6) is 11.5 Å². The molecular formula is C17H19N3NaO3S+. The van der Waals surface area contributed by atoms with Crippen LogP contribution in [-0.2, 0) is 16.9 Å². The van der Waals surface area contributed by atoms with Gasteiger partial charge in [-0.3, -0.25) is 9.97 Å². The van der Waals surface area contributed by atoms with Gasteiger partial charge in [-0.05, 0) is 26.0 Å². The number of H-pyrrole nitrogens is 1. The minimum atomic E-state index is -1.33. The van der Waals surface area contributed by atoms with Gasteiger partial charge in [0.05, 0.1) is 30.9 Å². The molecule has 6 nitrogen and oxygen atoms in total. The molecule has 126 valence electrons. The molecule has 0 fully saturated rings. The molecule has 1 aromatic carbocycles. The zero-order valence-corrected chi connectivity index (χ0v) is 17.9. The molecule has 0 saturated carbocycles. The third-order valence-corrected chi connectivity index (χ3v) is 5.06. The van der Waals surface area contributed by atoms with E-state index in [1.165, 1.54) is 0 Å². The third kappa shape index (κ3) is 4.12. The number of pyridine rings is 1. The first-order valence-electron chi connectivity index (χ1n) is 7.44. The second-order valence-corrected chi connectivity index (χ2v) is 6.83. The number of rotatable bonds is 5. The zero-order valence-electron chi connectivity index (χ0n) is 15.0. The average Bonchev–Trinajstić information content (AvgIpc) is 3.01. The first kappa shape index (κ1) is 20.1. The van der Waals surface area contributed by atoms with Gasteiger partial charge in [0.1, 0.15) is 11.5 Å². The molecule has 0 bridgehead atoms. The fourth-order valence-corrected chi connectivity index (χ4v) is 3.71. The van der Waals surface area contributed by atoms with Crippen molar-refractivity contribution >= 4 is 22.2 Å². The van der Waals surface area contributed by atoms with E-state index in [1.54, 1.807) is 20.4 Å². The molecule has 1 unspecified atom stereocenters. The van der Waals surface area contributed by atoms with Crippen LogP contribution in [0.15, 0.2) is 29.6 Å². The van der Waals surface area contributed by atoms with Gasteiger partial charge in [-0.1, -0.05) is 0 Å². The summed E-state index contributed by atoms with van der Waals surface area (Å²) in [5.74, 6) is 1.79. The van der Waals surface area contributed by atoms with Crippen LogP contribution >= 0.6 is 0 Å². The number of hydrogen-bond donors (Lipinski definition) is 1. The molecule has 0 radical (unpaired) electrons. The zero-order chi connectivity index (χ0) is 17.3. The molecule has 3 rings (SSSR count). The predicted molar refractivity (Wildman–Crippen MR) is 93.0 cm³/mol. The Morgan fingerprint density at radius 3 is 2.64 bits per heavy atom. The number of imidazole rings is 1. The Morgan fingerprint density at radius 1 is 1.20 bits per heavy atom. The van der Waals surface area contributed by atoms with Crippen molar-refractivity contribution in [2.45, 2.75) is 24.8 Å². The molecule has 1 atom stereocenters. The van der Waals surface area contributed by atoms with Crippen molar-refractivity contribution < 1.29 is 43.6 Å². The maximum absolute atomic E-state index is 12.7. The van der Waals surface area contributed by atoms with Crippen molar-refractivity contribution in [2.75, 3.05) is 14.2 Å². The number of fused-ring (bicyclic) bond motifs is 1. The van der Waals surface area contributed by atoms with E-state index in [0.717, 1.165) is 39.4 Å². The smallest absolute Gasteiger partial charge is 0.609 e. The Bertz CT molecular complexity index is 885. The number of ether oxygens (including phenoxy) is 2. The molecule has 0 amide bonds. The second kappa shape index (κ2) is 8.42. The van der Waals surface area contributed by atoms with Crippen LogP contribution in [0, 0.1) is 13.8 Å². The molecule has 1 N–H and O–H groups in total. The molecule has 0 spiro atoms. The van der Waals surface area contributed by atoms with Gasteiger partial charge in [-0.2, -0.15) is 4.98 Å². The standard InChI is InChI=1S/C17H19N3O3S.Na/c1-10-8-18-15(11(2)16(10)23-4)9-24(21)17-19-13-6-5-12(22-3)7-14(13)20-17;/h5-8H,9H2,1-4H3,(H,19,20);/q;+1. The Balaban J connectivity index is 0.00000225. The van der Waals surface area contributed by atoms with Gasteiger partial charge in [0.25, 0.3) is 0 Å². The summed E-state index contributed by atoms with van der Waals surface area (Å²) in [4.78, 5) is 11.9. The topological polar surface area (TPSA) is 83.1 Å². The fourth-order valence-electron chi connectivity index (χ4n) is 2.61. The number of benzene rings is 1.